The second-order valence-corrected chi connectivity index (χ2v) is 8.19. The van der Waals surface area contributed by atoms with E-state index in [9.17, 15) is 22.8 Å². The average Bonchev–Trinajstić information content (AvgIpc) is 3.19. The molecule has 0 aliphatic rings. The zero-order valence-corrected chi connectivity index (χ0v) is 18.9. The maximum atomic E-state index is 13.1. The first kappa shape index (κ1) is 24.2. The Balaban J connectivity index is 1.61. The van der Waals surface area contributed by atoms with Crippen molar-refractivity contribution in [3.05, 3.63) is 59.2 Å². The van der Waals surface area contributed by atoms with E-state index in [1.54, 1.807) is 4.68 Å². The molecule has 2 amide bonds. The minimum absolute atomic E-state index is 0.0613. The van der Waals surface area contributed by atoms with Crippen LogP contribution in [0.1, 0.15) is 16.7 Å². The Labute approximate surface area is 192 Å². The highest BCUT2D eigenvalue weighted by molar-refractivity contribution is 7.99. The van der Waals surface area contributed by atoms with Gasteiger partial charge in [0, 0.05) is 7.05 Å². The lowest BCUT2D eigenvalue weighted by Gasteiger charge is -2.18. The van der Waals surface area contributed by atoms with Crippen LogP contribution in [-0.4, -0.2) is 56.3 Å². The molecule has 2 aromatic carbocycles. The first-order valence-electron chi connectivity index (χ1n) is 9.75. The predicted molar refractivity (Wildman–Crippen MR) is 117 cm³/mol. The van der Waals surface area contributed by atoms with Crippen molar-refractivity contribution in [1.29, 1.82) is 0 Å². The van der Waals surface area contributed by atoms with Crippen LogP contribution in [0.3, 0.4) is 0 Å². The second kappa shape index (κ2) is 10.0. The summed E-state index contributed by atoms with van der Waals surface area (Å²) < 4.78 is 40.8. The number of para-hydroxylation sites is 2. The number of aryl methyl sites for hydroxylation is 2. The van der Waals surface area contributed by atoms with Crippen LogP contribution in [0.15, 0.2) is 47.6 Å². The van der Waals surface area contributed by atoms with Crippen LogP contribution in [0.5, 0.6) is 0 Å². The SMILES string of the molecule is Cc1cccc(C)c1-n1nnnc1SCC(=O)N(C)CC(=O)Nc1ccccc1C(F)(F)F. The van der Waals surface area contributed by atoms with Gasteiger partial charge in [0.05, 0.1) is 29.2 Å². The smallest absolute Gasteiger partial charge is 0.336 e. The molecule has 3 rings (SSSR count). The standard InChI is InChI=1S/C21H21F3N6O2S/c1-13-7-6-8-14(2)19(13)30-20(26-27-28-30)33-12-18(32)29(3)11-17(31)25-16-10-5-4-9-15(16)21(22,23)24/h4-10H,11-12H2,1-3H3,(H,25,31). The van der Waals surface area contributed by atoms with E-state index in [-0.39, 0.29) is 11.4 Å². The van der Waals surface area contributed by atoms with E-state index in [0.29, 0.717) is 5.16 Å². The molecule has 0 saturated carbocycles. The Morgan fingerprint density at radius 1 is 1.09 bits per heavy atom. The molecule has 12 heteroatoms. The molecule has 0 saturated heterocycles. The fourth-order valence-electron chi connectivity index (χ4n) is 3.12. The van der Waals surface area contributed by atoms with Gasteiger partial charge in [-0.05, 0) is 47.5 Å². The van der Waals surface area contributed by atoms with Crippen LogP contribution in [0.2, 0.25) is 0 Å². The van der Waals surface area contributed by atoms with Gasteiger partial charge < -0.3 is 10.2 Å². The number of carbonyl (C=O) groups is 2. The molecule has 1 N–H and O–H groups in total. The monoisotopic (exact) mass is 478 g/mol. The number of alkyl halides is 3. The number of tetrazole rings is 1. The lowest BCUT2D eigenvalue weighted by Crippen LogP contribution is -2.36. The highest BCUT2D eigenvalue weighted by Crippen LogP contribution is 2.34. The molecular formula is C21H21F3N6O2S. The van der Waals surface area contributed by atoms with Crippen molar-refractivity contribution < 1.29 is 22.8 Å². The maximum absolute atomic E-state index is 13.1. The Kier molecular flexibility index (Phi) is 7.36. The highest BCUT2D eigenvalue weighted by atomic mass is 32.2. The highest BCUT2D eigenvalue weighted by Gasteiger charge is 2.33. The third-order valence-electron chi connectivity index (χ3n) is 4.73. The molecule has 0 radical (unpaired) electrons. The van der Waals surface area contributed by atoms with Gasteiger partial charge in [-0.3, -0.25) is 9.59 Å². The lowest BCUT2D eigenvalue weighted by atomic mass is 10.1. The van der Waals surface area contributed by atoms with Crippen molar-refractivity contribution in [3.8, 4) is 5.69 Å². The molecule has 33 heavy (non-hydrogen) atoms. The summed E-state index contributed by atoms with van der Waals surface area (Å²) in [5.41, 5.74) is 1.42. The van der Waals surface area contributed by atoms with Gasteiger partial charge in [-0.15, -0.1) is 5.10 Å². The number of amides is 2. The molecule has 0 atom stereocenters. The van der Waals surface area contributed by atoms with E-state index in [1.807, 2.05) is 32.0 Å². The van der Waals surface area contributed by atoms with Crippen molar-refractivity contribution in [1.82, 2.24) is 25.1 Å². The van der Waals surface area contributed by atoms with Gasteiger partial charge >= 0.3 is 6.18 Å². The second-order valence-electron chi connectivity index (χ2n) is 7.24. The van der Waals surface area contributed by atoms with Gasteiger partial charge in [-0.2, -0.15) is 17.9 Å². The van der Waals surface area contributed by atoms with Crippen LogP contribution < -0.4 is 5.32 Å². The third-order valence-corrected chi connectivity index (χ3v) is 5.63. The number of aromatic nitrogens is 4. The van der Waals surface area contributed by atoms with E-state index < -0.39 is 30.1 Å². The fourth-order valence-corrected chi connectivity index (χ4v) is 3.94. The first-order valence-corrected chi connectivity index (χ1v) is 10.7. The third kappa shape index (κ3) is 5.89. The summed E-state index contributed by atoms with van der Waals surface area (Å²) in [4.78, 5) is 25.9. The Morgan fingerprint density at radius 3 is 2.42 bits per heavy atom. The van der Waals surface area contributed by atoms with Crippen LogP contribution in [0.25, 0.3) is 5.69 Å². The van der Waals surface area contributed by atoms with Gasteiger partial charge in [0.15, 0.2) is 0 Å². The van der Waals surface area contributed by atoms with Gasteiger partial charge in [0.25, 0.3) is 0 Å². The molecular weight excluding hydrogens is 457 g/mol. The van der Waals surface area contributed by atoms with Crippen molar-refractivity contribution in [3.63, 3.8) is 0 Å². The van der Waals surface area contributed by atoms with E-state index in [0.717, 1.165) is 45.6 Å². The molecule has 174 valence electrons. The van der Waals surface area contributed by atoms with E-state index in [2.05, 4.69) is 20.8 Å². The number of hydrogen-bond donors (Lipinski definition) is 1. The van der Waals surface area contributed by atoms with Crippen molar-refractivity contribution >= 4 is 29.3 Å². The zero-order chi connectivity index (χ0) is 24.2. The number of likely N-dealkylation sites (N-methyl/N-ethyl adjacent to an activating group) is 1. The predicted octanol–water partition coefficient (Wildman–Crippen LogP) is 3.49. The number of rotatable bonds is 7. The average molecular weight is 479 g/mol. The largest absolute Gasteiger partial charge is 0.418 e. The summed E-state index contributed by atoms with van der Waals surface area (Å²) >= 11 is 1.09. The number of halogens is 3. The van der Waals surface area contributed by atoms with Crippen molar-refractivity contribution in [2.75, 3.05) is 24.7 Å². The summed E-state index contributed by atoms with van der Waals surface area (Å²) in [6.07, 6.45) is -4.61. The Bertz CT molecular complexity index is 1140. The number of nitrogens with zero attached hydrogens (tertiary/aromatic N) is 5. The molecule has 3 aromatic rings. The van der Waals surface area contributed by atoms with Crippen molar-refractivity contribution in [2.45, 2.75) is 25.2 Å². The number of thioether (sulfide) groups is 1. The number of carbonyl (C=O) groups excluding carboxylic acids is 2. The maximum Gasteiger partial charge on any atom is 0.418 e. The first-order chi connectivity index (χ1) is 15.6. The van der Waals surface area contributed by atoms with Crippen LogP contribution in [0, 0.1) is 13.8 Å². The Hall–Kier alpha value is -3.41. The quantitative estimate of drug-likeness (QED) is 0.523. The minimum atomic E-state index is -4.61. The topological polar surface area (TPSA) is 93.0 Å². The zero-order valence-electron chi connectivity index (χ0n) is 18.1. The van der Waals surface area contributed by atoms with Gasteiger partial charge in [-0.25, -0.2) is 0 Å². The lowest BCUT2D eigenvalue weighted by molar-refractivity contribution is -0.137. The molecule has 0 fully saturated rings. The Morgan fingerprint density at radius 2 is 1.76 bits per heavy atom. The van der Waals surface area contributed by atoms with Crippen molar-refractivity contribution in [2.24, 2.45) is 0 Å². The van der Waals surface area contributed by atoms with Gasteiger partial charge in [0.2, 0.25) is 17.0 Å². The molecule has 0 aliphatic carbocycles. The molecule has 1 aromatic heterocycles. The molecule has 8 nitrogen and oxygen atoms in total. The van der Waals surface area contributed by atoms with Crippen LogP contribution >= 0.6 is 11.8 Å². The minimum Gasteiger partial charge on any atom is -0.336 e. The number of anilines is 1. The van der Waals surface area contributed by atoms with E-state index in [1.165, 1.54) is 19.2 Å². The molecule has 1 heterocycles. The number of hydrogen-bond acceptors (Lipinski definition) is 6. The molecule has 0 aliphatic heterocycles. The van der Waals surface area contributed by atoms with Crippen LogP contribution in [0.4, 0.5) is 18.9 Å². The summed E-state index contributed by atoms with van der Waals surface area (Å²) in [5.74, 6) is -1.21. The number of nitrogens with one attached hydrogen (secondary N) is 1. The molecule has 0 bridgehead atoms. The normalized spacial score (nSPS) is 11.3. The molecule has 0 unspecified atom stereocenters. The van der Waals surface area contributed by atoms with E-state index in [4.69, 9.17) is 0 Å². The summed E-state index contributed by atoms with van der Waals surface area (Å²) in [5, 5.41) is 14.3. The summed E-state index contributed by atoms with van der Waals surface area (Å²) in [6, 6.07) is 10.4. The van der Waals surface area contributed by atoms with Gasteiger partial charge in [0.1, 0.15) is 0 Å². The summed E-state index contributed by atoms with van der Waals surface area (Å²) in [7, 11) is 1.40. The van der Waals surface area contributed by atoms with E-state index >= 15 is 0 Å². The molecule has 0 spiro atoms. The fraction of sp³-hybridized carbons (Fsp3) is 0.286. The number of benzene rings is 2. The van der Waals surface area contributed by atoms with Crippen LogP contribution in [-0.2, 0) is 15.8 Å². The van der Waals surface area contributed by atoms with Gasteiger partial charge in [-0.1, -0.05) is 42.1 Å². The summed E-state index contributed by atoms with van der Waals surface area (Å²) in [6.45, 7) is 3.44.